The molecule has 0 amide bonds. The van der Waals surface area contributed by atoms with E-state index in [0.717, 1.165) is 41.0 Å². The molecule has 0 saturated carbocycles. The van der Waals surface area contributed by atoms with E-state index in [1.165, 1.54) is 5.39 Å². The first-order chi connectivity index (χ1) is 12.9. The molecule has 0 aliphatic carbocycles. The Balaban J connectivity index is 1.55. The van der Waals surface area contributed by atoms with Crippen molar-refractivity contribution < 1.29 is 9.84 Å². The Hall–Kier alpha value is -2.85. The first-order valence-electron chi connectivity index (χ1n) is 9.02. The summed E-state index contributed by atoms with van der Waals surface area (Å²) in [5.41, 5.74) is 2.10. The van der Waals surface area contributed by atoms with E-state index in [1.807, 2.05) is 42.5 Å². The lowest BCUT2D eigenvalue weighted by atomic mass is 10.1. The van der Waals surface area contributed by atoms with E-state index in [-0.39, 0.29) is 6.61 Å². The normalized spacial score (nSPS) is 11.3. The molecule has 0 unspecified atom stereocenters. The van der Waals surface area contributed by atoms with Gasteiger partial charge in [0.15, 0.2) is 0 Å². The fourth-order valence-electron chi connectivity index (χ4n) is 3.37. The second kappa shape index (κ2) is 7.58. The fraction of sp³-hybridized carbons (Fsp3) is 0.227. The number of fused-ring (bicyclic) bond motifs is 2. The van der Waals surface area contributed by atoms with Crippen molar-refractivity contribution in [3.63, 3.8) is 0 Å². The van der Waals surface area contributed by atoms with Gasteiger partial charge < -0.3 is 14.4 Å². The zero-order valence-corrected chi connectivity index (χ0v) is 14.6. The monoisotopic (exact) mass is 346 g/mol. The highest BCUT2D eigenvalue weighted by atomic mass is 16.5. The van der Waals surface area contributed by atoms with E-state index in [4.69, 9.17) is 14.8 Å². The summed E-state index contributed by atoms with van der Waals surface area (Å²) in [6, 6.07) is 22.5. The predicted molar refractivity (Wildman–Crippen MR) is 105 cm³/mol. The fourth-order valence-corrected chi connectivity index (χ4v) is 3.37. The zero-order valence-electron chi connectivity index (χ0n) is 14.6. The summed E-state index contributed by atoms with van der Waals surface area (Å²) in [4.78, 5) is 4.72. The molecule has 1 N–H and O–H groups in total. The van der Waals surface area contributed by atoms with Gasteiger partial charge >= 0.3 is 0 Å². The molecule has 0 aliphatic heterocycles. The van der Waals surface area contributed by atoms with Gasteiger partial charge in [-0.3, -0.25) is 0 Å². The maximum Gasteiger partial charge on any atom is 0.127 e. The van der Waals surface area contributed by atoms with Crippen LogP contribution in [0, 0.1) is 0 Å². The van der Waals surface area contributed by atoms with Crippen molar-refractivity contribution in [1.82, 2.24) is 9.55 Å². The number of hydrogen-bond acceptors (Lipinski definition) is 3. The third kappa shape index (κ3) is 3.28. The Labute approximate surface area is 152 Å². The number of aliphatic hydroxyl groups excluding tert-OH is 1. The van der Waals surface area contributed by atoms with Crippen LogP contribution in [-0.2, 0) is 13.0 Å². The largest absolute Gasteiger partial charge is 0.491 e. The van der Waals surface area contributed by atoms with Crippen LogP contribution in [0.4, 0.5) is 0 Å². The van der Waals surface area contributed by atoms with Crippen LogP contribution < -0.4 is 4.74 Å². The van der Waals surface area contributed by atoms with E-state index < -0.39 is 0 Å². The highest BCUT2D eigenvalue weighted by Crippen LogP contribution is 2.25. The number of aryl methyl sites for hydroxylation is 1. The Morgan fingerprint density at radius 1 is 0.923 bits per heavy atom. The number of aromatic nitrogens is 2. The van der Waals surface area contributed by atoms with Crippen molar-refractivity contribution in [2.45, 2.75) is 19.4 Å². The molecule has 0 saturated heterocycles. The number of para-hydroxylation sites is 2. The molecule has 4 rings (SSSR count). The van der Waals surface area contributed by atoms with Crippen LogP contribution in [0.15, 0.2) is 66.7 Å². The molecule has 0 bridgehead atoms. The topological polar surface area (TPSA) is 47.3 Å². The summed E-state index contributed by atoms with van der Waals surface area (Å²) in [6.45, 7) is 1.47. The minimum Gasteiger partial charge on any atom is -0.491 e. The van der Waals surface area contributed by atoms with Gasteiger partial charge in [-0.05, 0) is 30.0 Å². The third-order valence-electron chi connectivity index (χ3n) is 4.61. The number of ether oxygens (including phenoxy) is 1. The van der Waals surface area contributed by atoms with Crippen molar-refractivity contribution in [2.75, 3.05) is 13.2 Å². The molecular formula is C22H22N2O2. The summed E-state index contributed by atoms with van der Waals surface area (Å²) in [6.07, 6.45) is 1.48. The van der Waals surface area contributed by atoms with Gasteiger partial charge in [-0.2, -0.15) is 0 Å². The molecule has 0 fully saturated rings. The first kappa shape index (κ1) is 16.6. The van der Waals surface area contributed by atoms with Crippen molar-refractivity contribution in [3.8, 4) is 5.75 Å². The lowest BCUT2D eigenvalue weighted by Gasteiger charge is -2.12. The number of benzene rings is 3. The Bertz CT molecular complexity index is 1020. The van der Waals surface area contributed by atoms with E-state index >= 15 is 0 Å². The lowest BCUT2D eigenvalue weighted by Crippen LogP contribution is -2.11. The molecular weight excluding hydrogens is 324 g/mol. The van der Waals surface area contributed by atoms with Crippen molar-refractivity contribution in [2.24, 2.45) is 0 Å². The lowest BCUT2D eigenvalue weighted by molar-refractivity contribution is 0.283. The number of hydrogen-bond donors (Lipinski definition) is 1. The standard InChI is InChI=1S/C22H22N2O2/c25-15-6-13-22-23-19-10-3-4-11-20(19)24(22)14-16-26-21-12-5-8-17-7-1-2-9-18(17)21/h1-5,7-12,25H,6,13-16H2. The van der Waals surface area contributed by atoms with Crippen LogP contribution in [0.5, 0.6) is 5.75 Å². The first-order valence-corrected chi connectivity index (χ1v) is 9.02. The number of rotatable bonds is 7. The van der Waals surface area contributed by atoms with Crippen molar-refractivity contribution in [1.29, 1.82) is 0 Å². The highest BCUT2D eigenvalue weighted by molar-refractivity contribution is 5.88. The van der Waals surface area contributed by atoms with Gasteiger partial charge in [0.2, 0.25) is 0 Å². The molecule has 0 radical (unpaired) electrons. The number of nitrogens with zero attached hydrogens (tertiary/aromatic N) is 2. The Morgan fingerprint density at radius 3 is 2.65 bits per heavy atom. The van der Waals surface area contributed by atoms with Crippen LogP contribution in [0.25, 0.3) is 21.8 Å². The molecule has 3 aromatic carbocycles. The molecule has 132 valence electrons. The Kier molecular flexibility index (Phi) is 4.84. The van der Waals surface area contributed by atoms with Crippen LogP contribution in [0.1, 0.15) is 12.2 Å². The van der Waals surface area contributed by atoms with Gasteiger partial charge in [-0.25, -0.2) is 4.98 Å². The number of imidazole rings is 1. The summed E-state index contributed by atoms with van der Waals surface area (Å²) < 4.78 is 8.31. The van der Waals surface area contributed by atoms with Gasteiger partial charge in [-0.1, -0.05) is 48.5 Å². The average molecular weight is 346 g/mol. The average Bonchev–Trinajstić information content (AvgIpc) is 3.04. The van der Waals surface area contributed by atoms with Crippen LogP contribution >= 0.6 is 0 Å². The van der Waals surface area contributed by atoms with E-state index in [0.29, 0.717) is 13.0 Å². The molecule has 0 aliphatic rings. The minimum absolute atomic E-state index is 0.176. The van der Waals surface area contributed by atoms with E-state index in [9.17, 15) is 0 Å². The Morgan fingerprint density at radius 2 is 1.73 bits per heavy atom. The van der Waals surface area contributed by atoms with Crippen molar-refractivity contribution in [3.05, 3.63) is 72.6 Å². The molecule has 1 heterocycles. The molecule has 0 spiro atoms. The van der Waals surface area contributed by atoms with Gasteiger partial charge in [0.05, 0.1) is 17.6 Å². The molecule has 1 aromatic heterocycles. The molecule has 4 nitrogen and oxygen atoms in total. The van der Waals surface area contributed by atoms with Crippen LogP contribution in [0.3, 0.4) is 0 Å². The molecule has 26 heavy (non-hydrogen) atoms. The maximum atomic E-state index is 9.16. The van der Waals surface area contributed by atoms with Gasteiger partial charge in [0, 0.05) is 18.4 Å². The van der Waals surface area contributed by atoms with E-state index in [2.05, 4.69) is 28.8 Å². The number of aliphatic hydroxyl groups is 1. The second-order valence-electron chi connectivity index (χ2n) is 6.32. The van der Waals surface area contributed by atoms with Crippen LogP contribution in [0.2, 0.25) is 0 Å². The van der Waals surface area contributed by atoms with Gasteiger partial charge in [0.25, 0.3) is 0 Å². The molecule has 4 heteroatoms. The summed E-state index contributed by atoms with van der Waals surface area (Å²) in [5.74, 6) is 1.91. The SMILES string of the molecule is OCCCc1nc2ccccc2n1CCOc1cccc2ccccc12. The minimum atomic E-state index is 0.176. The smallest absolute Gasteiger partial charge is 0.127 e. The van der Waals surface area contributed by atoms with E-state index in [1.54, 1.807) is 0 Å². The van der Waals surface area contributed by atoms with Gasteiger partial charge in [0.1, 0.15) is 18.2 Å². The summed E-state index contributed by atoms with van der Waals surface area (Å²) >= 11 is 0. The predicted octanol–water partition coefficient (Wildman–Crippen LogP) is 4.19. The highest BCUT2D eigenvalue weighted by Gasteiger charge is 2.10. The van der Waals surface area contributed by atoms with Gasteiger partial charge in [-0.15, -0.1) is 0 Å². The molecule has 0 atom stereocenters. The second-order valence-corrected chi connectivity index (χ2v) is 6.32. The van der Waals surface area contributed by atoms with Crippen molar-refractivity contribution >= 4 is 21.8 Å². The third-order valence-corrected chi connectivity index (χ3v) is 4.61. The zero-order chi connectivity index (χ0) is 17.8. The van der Waals surface area contributed by atoms with Crippen LogP contribution in [-0.4, -0.2) is 27.9 Å². The maximum absolute atomic E-state index is 9.16. The molecule has 4 aromatic rings. The quantitative estimate of drug-likeness (QED) is 0.546. The summed E-state index contributed by atoms with van der Waals surface area (Å²) in [7, 11) is 0. The summed E-state index contributed by atoms with van der Waals surface area (Å²) in [5, 5.41) is 11.5.